The number of anilines is 1. The number of para-hydroxylation sites is 2. The number of carbonyl (C=O) groups is 2. The summed E-state index contributed by atoms with van der Waals surface area (Å²) >= 11 is 0. The first-order valence-electron chi connectivity index (χ1n) is 9.04. The first kappa shape index (κ1) is 17.8. The molecule has 0 radical (unpaired) electrons. The maximum absolute atomic E-state index is 12.5. The lowest BCUT2D eigenvalue weighted by Crippen LogP contribution is -2.45. The molecule has 1 aliphatic rings. The second-order valence-electron chi connectivity index (χ2n) is 6.49. The molecule has 1 N–H and O–H groups in total. The zero-order valence-electron chi connectivity index (χ0n) is 15.2. The van der Waals surface area contributed by atoms with Crippen LogP contribution in [0, 0.1) is 0 Å². The highest BCUT2D eigenvalue weighted by atomic mass is 16.5. The normalized spacial score (nSPS) is 13.0. The summed E-state index contributed by atoms with van der Waals surface area (Å²) in [6.45, 7) is 0.919. The molecule has 7 nitrogen and oxygen atoms in total. The maximum Gasteiger partial charge on any atom is 0.265 e. The molecular formula is C21H20N4O3. The van der Waals surface area contributed by atoms with E-state index in [0.717, 1.165) is 11.1 Å². The first-order valence-corrected chi connectivity index (χ1v) is 9.04. The second-order valence-corrected chi connectivity index (χ2v) is 6.49. The Labute approximate surface area is 162 Å². The molecule has 2 amide bonds. The van der Waals surface area contributed by atoms with Crippen molar-refractivity contribution < 1.29 is 14.3 Å². The summed E-state index contributed by atoms with van der Waals surface area (Å²) < 4.78 is 7.25. The number of fused-ring (bicyclic) bond motifs is 1. The van der Waals surface area contributed by atoms with Gasteiger partial charge in [0, 0.05) is 18.9 Å². The number of ether oxygens (including phenoxy) is 1. The van der Waals surface area contributed by atoms with E-state index >= 15 is 0 Å². The number of nitrogens with one attached hydrogen (secondary N) is 1. The Bertz CT molecular complexity index is 985. The minimum Gasteiger partial charge on any atom is -0.482 e. The first-order chi connectivity index (χ1) is 13.7. The summed E-state index contributed by atoms with van der Waals surface area (Å²) in [4.78, 5) is 26.2. The van der Waals surface area contributed by atoms with Crippen molar-refractivity contribution in [3.63, 3.8) is 0 Å². The monoisotopic (exact) mass is 376 g/mol. The number of nitrogens with zero attached hydrogens (tertiary/aromatic N) is 3. The summed E-state index contributed by atoms with van der Waals surface area (Å²) in [7, 11) is 0. The van der Waals surface area contributed by atoms with Crippen LogP contribution in [0.5, 0.6) is 5.75 Å². The Kier molecular flexibility index (Phi) is 5.05. The molecule has 0 unspecified atom stereocenters. The molecule has 4 rings (SSSR count). The maximum atomic E-state index is 12.5. The molecule has 0 bridgehead atoms. The van der Waals surface area contributed by atoms with E-state index in [1.165, 1.54) is 4.90 Å². The fourth-order valence-electron chi connectivity index (χ4n) is 3.17. The smallest absolute Gasteiger partial charge is 0.265 e. The van der Waals surface area contributed by atoms with Gasteiger partial charge in [0.25, 0.3) is 5.91 Å². The minimum absolute atomic E-state index is 0.0411. The largest absolute Gasteiger partial charge is 0.482 e. The molecular weight excluding hydrogens is 356 g/mol. The van der Waals surface area contributed by atoms with Crippen molar-refractivity contribution in [3.8, 4) is 5.75 Å². The molecule has 0 saturated heterocycles. The molecule has 1 aromatic heterocycles. The Balaban J connectivity index is 1.41. The van der Waals surface area contributed by atoms with E-state index in [1.54, 1.807) is 18.3 Å². The number of aromatic nitrogens is 2. The predicted octanol–water partition coefficient (Wildman–Crippen LogP) is 1.97. The van der Waals surface area contributed by atoms with Crippen LogP contribution in [0.4, 0.5) is 5.69 Å². The van der Waals surface area contributed by atoms with Gasteiger partial charge >= 0.3 is 0 Å². The van der Waals surface area contributed by atoms with Gasteiger partial charge in [-0.25, -0.2) is 0 Å². The van der Waals surface area contributed by atoms with E-state index < -0.39 is 0 Å². The van der Waals surface area contributed by atoms with Crippen molar-refractivity contribution in [1.82, 2.24) is 15.1 Å². The molecule has 28 heavy (non-hydrogen) atoms. The van der Waals surface area contributed by atoms with Crippen LogP contribution < -0.4 is 15.0 Å². The fourth-order valence-corrected chi connectivity index (χ4v) is 3.17. The summed E-state index contributed by atoms with van der Waals surface area (Å²) in [6, 6.07) is 17.0. The average Bonchev–Trinajstić information content (AvgIpc) is 3.23. The Morgan fingerprint density at radius 1 is 1.07 bits per heavy atom. The van der Waals surface area contributed by atoms with Crippen LogP contribution in [0.1, 0.15) is 11.1 Å². The van der Waals surface area contributed by atoms with Crippen LogP contribution in [-0.2, 0) is 22.7 Å². The Morgan fingerprint density at radius 3 is 2.68 bits per heavy atom. The van der Waals surface area contributed by atoms with Gasteiger partial charge in [-0.3, -0.25) is 19.2 Å². The molecule has 0 atom stereocenters. The highest BCUT2D eigenvalue weighted by Crippen LogP contribution is 2.31. The molecule has 2 aromatic carbocycles. The molecule has 0 fully saturated rings. The molecule has 0 aliphatic carbocycles. The van der Waals surface area contributed by atoms with Crippen LogP contribution in [-0.4, -0.2) is 34.7 Å². The summed E-state index contributed by atoms with van der Waals surface area (Å²) in [5.41, 5.74) is 2.72. The predicted molar refractivity (Wildman–Crippen MR) is 104 cm³/mol. The third-order valence-corrected chi connectivity index (χ3v) is 4.60. The average molecular weight is 376 g/mol. The lowest BCUT2D eigenvalue weighted by atomic mass is 10.1. The highest BCUT2D eigenvalue weighted by Gasteiger charge is 2.26. The lowest BCUT2D eigenvalue weighted by molar-refractivity contribution is -0.125. The highest BCUT2D eigenvalue weighted by molar-refractivity contribution is 6.02. The van der Waals surface area contributed by atoms with Crippen LogP contribution in [0.25, 0.3) is 0 Å². The standard InChI is InChI=1S/C21H20N4O3/c26-20(14-25-18-8-3-4-9-19(18)28-15-21(25)27)22-12-16-6-1-2-7-17(16)13-24-11-5-10-23-24/h1-11H,12-15H2,(H,22,26). The van der Waals surface area contributed by atoms with Crippen molar-refractivity contribution in [3.05, 3.63) is 78.1 Å². The van der Waals surface area contributed by atoms with Crippen LogP contribution >= 0.6 is 0 Å². The van der Waals surface area contributed by atoms with E-state index in [-0.39, 0.29) is 25.0 Å². The van der Waals surface area contributed by atoms with Gasteiger partial charge in [-0.15, -0.1) is 0 Å². The van der Waals surface area contributed by atoms with Gasteiger partial charge < -0.3 is 10.1 Å². The van der Waals surface area contributed by atoms with Gasteiger partial charge in [0.2, 0.25) is 5.91 Å². The van der Waals surface area contributed by atoms with Crippen LogP contribution in [0.15, 0.2) is 67.0 Å². The molecule has 0 saturated carbocycles. The summed E-state index contributed by atoms with van der Waals surface area (Å²) in [5.74, 6) is 0.159. The van der Waals surface area contributed by atoms with Crippen molar-refractivity contribution in [2.45, 2.75) is 13.1 Å². The van der Waals surface area contributed by atoms with E-state index in [2.05, 4.69) is 10.4 Å². The van der Waals surface area contributed by atoms with E-state index in [4.69, 9.17) is 4.74 Å². The topological polar surface area (TPSA) is 76.5 Å². The molecule has 1 aliphatic heterocycles. The fraction of sp³-hybridized carbons (Fsp3) is 0.190. The zero-order valence-corrected chi connectivity index (χ0v) is 15.2. The Morgan fingerprint density at radius 2 is 1.86 bits per heavy atom. The lowest BCUT2D eigenvalue weighted by Gasteiger charge is -2.28. The van der Waals surface area contributed by atoms with Crippen LogP contribution in [0.2, 0.25) is 0 Å². The molecule has 0 spiro atoms. The van der Waals surface area contributed by atoms with Gasteiger partial charge in [0.15, 0.2) is 6.61 Å². The quantitative estimate of drug-likeness (QED) is 0.714. The number of rotatable bonds is 6. The van der Waals surface area contributed by atoms with Crippen molar-refractivity contribution in [1.29, 1.82) is 0 Å². The van der Waals surface area contributed by atoms with Crippen molar-refractivity contribution >= 4 is 17.5 Å². The van der Waals surface area contributed by atoms with Gasteiger partial charge in [0.1, 0.15) is 12.3 Å². The van der Waals surface area contributed by atoms with Gasteiger partial charge in [-0.2, -0.15) is 5.10 Å². The zero-order chi connectivity index (χ0) is 19.3. The van der Waals surface area contributed by atoms with Crippen LogP contribution in [0.3, 0.4) is 0 Å². The summed E-state index contributed by atoms with van der Waals surface area (Å²) in [6.07, 6.45) is 3.64. The number of benzene rings is 2. The number of amides is 2. The van der Waals surface area contributed by atoms with Crippen molar-refractivity contribution in [2.75, 3.05) is 18.1 Å². The molecule has 3 aromatic rings. The molecule has 2 heterocycles. The SMILES string of the molecule is O=C(CN1C(=O)COc2ccccc21)NCc1ccccc1Cn1cccn1. The number of carbonyl (C=O) groups excluding carboxylic acids is 2. The Hall–Kier alpha value is -3.61. The minimum atomic E-state index is -0.229. The van der Waals surface area contributed by atoms with E-state index in [1.807, 2.05) is 53.3 Å². The second kappa shape index (κ2) is 7.96. The van der Waals surface area contributed by atoms with Gasteiger partial charge in [-0.05, 0) is 29.3 Å². The van der Waals surface area contributed by atoms with Gasteiger partial charge in [0.05, 0.1) is 12.2 Å². The van der Waals surface area contributed by atoms with E-state index in [0.29, 0.717) is 24.5 Å². The molecule has 7 heteroatoms. The van der Waals surface area contributed by atoms with Crippen molar-refractivity contribution in [2.24, 2.45) is 0 Å². The molecule has 142 valence electrons. The third-order valence-electron chi connectivity index (χ3n) is 4.60. The summed E-state index contributed by atoms with van der Waals surface area (Å²) in [5, 5.41) is 7.14. The van der Waals surface area contributed by atoms with E-state index in [9.17, 15) is 9.59 Å². The number of hydrogen-bond donors (Lipinski definition) is 1. The van der Waals surface area contributed by atoms with Gasteiger partial charge in [-0.1, -0.05) is 36.4 Å². The number of hydrogen-bond acceptors (Lipinski definition) is 4. The third kappa shape index (κ3) is 3.88.